The monoisotopic (exact) mass is 361 g/mol. The van der Waals surface area contributed by atoms with Crippen molar-refractivity contribution in [3.8, 4) is 0 Å². The Morgan fingerprint density at radius 3 is 2.88 bits per heavy atom. The quantitative estimate of drug-likeness (QED) is 0.821. The SMILES string of the molecule is Cc1nc(C)c(C(=O)N2CCCC(c3nccn3CCN(C)C)C2)s1. The van der Waals surface area contributed by atoms with E-state index in [2.05, 4.69) is 39.7 Å². The molecule has 0 aromatic carbocycles. The summed E-state index contributed by atoms with van der Waals surface area (Å²) in [6.07, 6.45) is 6.04. The van der Waals surface area contributed by atoms with Crippen molar-refractivity contribution >= 4 is 17.2 Å². The predicted molar refractivity (Wildman–Crippen MR) is 100 cm³/mol. The molecular formula is C18H27N5OS. The minimum absolute atomic E-state index is 0.124. The number of carbonyl (C=O) groups is 1. The topological polar surface area (TPSA) is 54.3 Å². The van der Waals surface area contributed by atoms with E-state index in [1.165, 1.54) is 11.3 Å². The fourth-order valence-corrected chi connectivity index (χ4v) is 4.31. The van der Waals surface area contributed by atoms with Gasteiger partial charge in [0.25, 0.3) is 5.91 Å². The zero-order valence-electron chi connectivity index (χ0n) is 15.5. The predicted octanol–water partition coefficient (Wildman–Crippen LogP) is 2.54. The number of aryl methyl sites for hydroxylation is 2. The van der Waals surface area contributed by atoms with Gasteiger partial charge in [0, 0.05) is 44.5 Å². The molecule has 6 nitrogen and oxygen atoms in total. The molecule has 0 saturated carbocycles. The van der Waals surface area contributed by atoms with Gasteiger partial charge in [0.05, 0.1) is 10.7 Å². The van der Waals surface area contributed by atoms with Crippen LogP contribution in [0.25, 0.3) is 0 Å². The van der Waals surface area contributed by atoms with Gasteiger partial charge in [0.2, 0.25) is 0 Å². The molecule has 1 fully saturated rings. The summed E-state index contributed by atoms with van der Waals surface area (Å²) >= 11 is 1.50. The minimum Gasteiger partial charge on any atom is -0.337 e. The number of likely N-dealkylation sites (tertiary alicyclic amines) is 1. The van der Waals surface area contributed by atoms with Gasteiger partial charge in [-0.05, 0) is 40.8 Å². The molecule has 0 aliphatic carbocycles. The van der Waals surface area contributed by atoms with Crippen molar-refractivity contribution in [2.75, 3.05) is 33.7 Å². The summed E-state index contributed by atoms with van der Waals surface area (Å²) < 4.78 is 2.24. The zero-order valence-corrected chi connectivity index (χ0v) is 16.3. The van der Waals surface area contributed by atoms with Gasteiger partial charge in [-0.2, -0.15) is 0 Å². The Balaban J connectivity index is 1.72. The molecule has 3 rings (SSSR count). The number of hydrogen-bond donors (Lipinski definition) is 0. The first kappa shape index (κ1) is 18.1. The number of rotatable bonds is 5. The molecular weight excluding hydrogens is 334 g/mol. The highest BCUT2D eigenvalue weighted by atomic mass is 32.1. The number of thiazole rings is 1. The van der Waals surface area contributed by atoms with Crippen LogP contribution in [0.2, 0.25) is 0 Å². The number of hydrogen-bond acceptors (Lipinski definition) is 5. The Bertz CT molecular complexity index is 736. The summed E-state index contributed by atoms with van der Waals surface area (Å²) in [4.78, 5) is 26.9. The van der Waals surface area contributed by atoms with Gasteiger partial charge in [0.1, 0.15) is 10.7 Å². The molecule has 0 spiro atoms. The van der Waals surface area contributed by atoms with Gasteiger partial charge in [-0.3, -0.25) is 4.79 Å². The standard InChI is InChI=1S/C18H27N5OS/c1-13-16(25-14(2)20-13)18(24)23-8-5-6-15(12-23)17-19-7-9-22(17)11-10-21(3)4/h7,9,15H,5-6,8,10-12H2,1-4H3. The van der Waals surface area contributed by atoms with Crippen molar-refractivity contribution in [1.82, 2.24) is 24.3 Å². The minimum atomic E-state index is 0.124. The van der Waals surface area contributed by atoms with Crippen LogP contribution in [-0.4, -0.2) is 64.0 Å². The van der Waals surface area contributed by atoms with Gasteiger partial charge in [-0.15, -0.1) is 11.3 Å². The van der Waals surface area contributed by atoms with Crippen LogP contribution in [0, 0.1) is 13.8 Å². The van der Waals surface area contributed by atoms with E-state index in [-0.39, 0.29) is 5.91 Å². The van der Waals surface area contributed by atoms with Crippen molar-refractivity contribution in [2.24, 2.45) is 0 Å². The molecule has 1 amide bonds. The first-order valence-corrected chi connectivity index (χ1v) is 9.66. The molecule has 2 aromatic rings. The van der Waals surface area contributed by atoms with Crippen LogP contribution >= 0.6 is 11.3 Å². The lowest BCUT2D eigenvalue weighted by atomic mass is 9.97. The largest absolute Gasteiger partial charge is 0.337 e. The summed E-state index contributed by atoms with van der Waals surface area (Å²) in [6.45, 7) is 7.36. The first-order valence-electron chi connectivity index (χ1n) is 8.84. The first-order chi connectivity index (χ1) is 12.0. The summed E-state index contributed by atoms with van der Waals surface area (Å²) in [7, 11) is 4.16. The Morgan fingerprint density at radius 2 is 2.20 bits per heavy atom. The van der Waals surface area contributed by atoms with E-state index in [9.17, 15) is 4.79 Å². The third kappa shape index (κ3) is 4.10. The molecule has 25 heavy (non-hydrogen) atoms. The van der Waals surface area contributed by atoms with Crippen LogP contribution in [-0.2, 0) is 6.54 Å². The second-order valence-electron chi connectivity index (χ2n) is 7.02. The van der Waals surface area contributed by atoms with Crippen molar-refractivity contribution in [1.29, 1.82) is 0 Å². The van der Waals surface area contributed by atoms with E-state index in [0.29, 0.717) is 5.92 Å². The van der Waals surface area contributed by atoms with Crippen molar-refractivity contribution < 1.29 is 4.79 Å². The second kappa shape index (κ2) is 7.66. The third-order valence-electron chi connectivity index (χ3n) is 4.71. The van der Waals surface area contributed by atoms with Crippen LogP contribution in [0.4, 0.5) is 0 Å². The number of piperidine rings is 1. The maximum Gasteiger partial charge on any atom is 0.265 e. The lowest BCUT2D eigenvalue weighted by Gasteiger charge is -2.32. The molecule has 3 heterocycles. The Kier molecular flexibility index (Phi) is 5.54. The maximum absolute atomic E-state index is 12.9. The smallest absolute Gasteiger partial charge is 0.265 e. The molecule has 1 saturated heterocycles. The van der Waals surface area contributed by atoms with Crippen LogP contribution < -0.4 is 0 Å². The number of imidazole rings is 1. The van der Waals surface area contributed by atoms with E-state index in [1.807, 2.05) is 24.9 Å². The Morgan fingerprint density at radius 1 is 1.40 bits per heavy atom. The maximum atomic E-state index is 12.9. The highest BCUT2D eigenvalue weighted by molar-refractivity contribution is 7.13. The van der Waals surface area contributed by atoms with Gasteiger partial charge >= 0.3 is 0 Å². The number of nitrogens with zero attached hydrogens (tertiary/aromatic N) is 5. The fraction of sp³-hybridized carbons (Fsp3) is 0.611. The van der Waals surface area contributed by atoms with Crippen LogP contribution in [0.15, 0.2) is 12.4 Å². The molecule has 0 bridgehead atoms. The van der Waals surface area contributed by atoms with E-state index >= 15 is 0 Å². The number of aromatic nitrogens is 3. The third-order valence-corrected chi connectivity index (χ3v) is 5.77. The van der Waals surface area contributed by atoms with Crippen LogP contribution in [0.5, 0.6) is 0 Å². The lowest BCUT2D eigenvalue weighted by Crippen LogP contribution is -2.39. The highest BCUT2D eigenvalue weighted by Gasteiger charge is 2.29. The van der Waals surface area contributed by atoms with Crippen LogP contribution in [0.3, 0.4) is 0 Å². The number of amides is 1. The summed E-state index contributed by atoms with van der Waals surface area (Å²) in [5.74, 6) is 1.54. The Hall–Kier alpha value is -1.73. The average molecular weight is 362 g/mol. The molecule has 7 heteroatoms. The van der Waals surface area contributed by atoms with E-state index < -0.39 is 0 Å². The molecule has 0 radical (unpaired) electrons. The molecule has 1 unspecified atom stereocenters. The molecule has 1 atom stereocenters. The summed E-state index contributed by atoms with van der Waals surface area (Å²) in [6, 6.07) is 0. The molecule has 0 N–H and O–H groups in total. The zero-order chi connectivity index (χ0) is 18.0. The number of likely N-dealkylation sites (N-methyl/N-ethyl adjacent to an activating group) is 1. The van der Waals surface area contributed by atoms with Crippen LogP contribution in [0.1, 0.15) is 45.0 Å². The van der Waals surface area contributed by atoms with Crippen molar-refractivity contribution in [2.45, 2.75) is 39.2 Å². The normalized spacial score (nSPS) is 18.1. The molecule has 2 aromatic heterocycles. The fourth-order valence-electron chi connectivity index (χ4n) is 3.42. The summed E-state index contributed by atoms with van der Waals surface area (Å²) in [5, 5.41) is 0.952. The molecule has 136 valence electrons. The van der Waals surface area contributed by atoms with E-state index in [1.54, 1.807) is 0 Å². The van der Waals surface area contributed by atoms with Gasteiger partial charge in [0.15, 0.2) is 0 Å². The van der Waals surface area contributed by atoms with E-state index in [0.717, 1.165) is 60.4 Å². The van der Waals surface area contributed by atoms with Gasteiger partial charge in [-0.1, -0.05) is 0 Å². The van der Waals surface area contributed by atoms with Gasteiger partial charge in [-0.25, -0.2) is 9.97 Å². The van der Waals surface area contributed by atoms with Crippen molar-refractivity contribution in [3.05, 3.63) is 33.8 Å². The average Bonchev–Trinajstić information content (AvgIpc) is 3.18. The molecule has 1 aliphatic heterocycles. The number of carbonyl (C=O) groups excluding carboxylic acids is 1. The van der Waals surface area contributed by atoms with Gasteiger partial charge < -0.3 is 14.4 Å². The Labute approximate surface area is 153 Å². The highest BCUT2D eigenvalue weighted by Crippen LogP contribution is 2.28. The lowest BCUT2D eigenvalue weighted by molar-refractivity contribution is 0.0707. The molecule has 1 aliphatic rings. The summed E-state index contributed by atoms with van der Waals surface area (Å²) in [5.41, 5.74) is 0.849. The second-order valence-corrected chi connectivity index (χ2v) is 8.22. The van der Waals surface area contributed by atoms with Crippen molar-refractivity contribution in [3.63, 3.8) is 0 Å². The van der Waals surface area contributed by atoms with E-state index in [4.69, 9.17) is 0 Å².